The van der Waals surface area contributed by atoms with Gasteiger partial charge in [-0.2, -0.15) is 0 Å². The van der Waals surface area contributed by atoms with Crippen LogP contribution in [0.25, 0.3) is 10.8 Å². The lowest BCUT2D eigenvalue weighted by atomic mass is 9.67. The van der Waals surface area contributed by atoms with Gasteiger partial charge in [0.1, 0.15) is 0 Å². The van der Waals surface area contributed by atoms with Gasteiger partial charge in [-0.1, -0.05) is 36.8 Å². The summed E-state index contributed by atoms with van der Waals surface area (Å²) in [7, 11) is 0. The molecule has 0 radical (unpaired) electrons. The smallest absolute Gasteiger partial charge is 0.251 e. The number of carbonyl (C=O) groups excluding carboxylic acids is 1. The van der Waals surface area contributed by atoms with Crippen molar-refractivity contribution in [2.75, 3.05) is 0 Å². The fourth-order valence-electron chi connectivity index (χ4n) is 4.59. The van der Waals surface area contributed by atoms with Crippen LogP contribution in [-0.2, 0) is 0 Å². The summed E-state index contributed by atoms with van der Waals surface area (Å²) in [6.45, 7) is 0. The highest BCUT2D eigenvalue weighted by molar-refractivity contribution is 5.98. The summed E-state index contributed by atoms with van der Waals surface area (Å²) in [6, 6.07) is 14.7. The predicted octanol–water partition coefficient (Wildman–Crippen LogP) is 3.90. The summed E-state index contributed by atoms with van der Waals surface area (Å²) in [4.78, 5) is 12.7. The Morgan fingerprint density at radius 3 is 2.38 bits per heavy atom. The van der Waals surface area contributed by atoms with E-state index in [-0.39, 0.29) is 18.3 Å². The molecule has 2 aromatic rings. The lowest BCUT2D eigenvalue weighted by Gasteiger charge is -2.45. The first kappa shape index (κ1) is 17.2. The van der Waals surface area contributed by atoms with Crippen molar-refractivity contribution >= 4 is 29.1 Å². The number of benzene rings is 2. The molecule has 4 heteroatoms. The molecule has 4 rings (SSSR count). The number of halogens is 1. The van der Waals surface area contributed by atoms with Crippen LogP contribution in [0.5, 0.6) is 0 Å². The Morgan fingerprint density at radius 1 is 1.00 bits per heavy atom. The minimum Gasteiger partial charge on any atom is -0.349 e. The fourth-order valence-corrected chi connectivity index (χ4v) is 4.59. The molecule has 1 amide bonds. The van der Waals surface area contributed by atoms with Gasteiger partial charge in [0.15, 0.2) is 0 Å². The molecule has 2 aliphatic carbocycles. The van der Waals surface area contributed by atoms with Crippen molar-refractivity contribution < 1.29 is 4.79 Å². The third-order valence-electron chi connectivity index (χ3n) is 5.69. The maximum absolute atomic E-state index is 12.7. The van der Waals surface area contributed by atoms with E-state index in [2.05, 4.69) is 17.4 Å². The number of carbonyl (C=O) groups is 1. The van der Waals surface area contributed by atoms with Crippen molar-refractivity contribution in [3.63, 3.8) is 0 Å². The Kier molecular flexibility index (Phi) is 5.12. The molecule has 2 aliphatic rings. The molecule has 2 atom stereocenters. The van der Waals surface area contributed by atoms with Gasteiger partial charge in [0.05, 0.1) is 0 Å². The topological polar surface area (TPSA) is 55.1 Å². The second kappa shape index (κ2) is 7.12. The maximum Gasteiger partial charge on any atom is 0.251 e. The molecule has 2 fully saturated rings. The van der Waals surface area contributed by atoms with Crippen LogP contribution in [0.2, 0.25) is 0 Å². The number of amides is 1. The highest BCUT2D eigenvalue weighted by Gasteiger charge is 2.39. The highest BCUT2D eigenvalue weighted by atomic mass is 35.5. The van der Waals surface area contributed by atoms with Gasteiger partial charge in [-0.15, -0.1) is 12.4 Å². The fraction of sp³-hybridized carbons (Fsp3) is 0.450. The van der Waals surface area contributed by atoms with Crippen molar-refractivity contribution in [2.24, 2.45) is 17.6 Å². The Hall–Kier alpha value is -1.58. The average Bonchev–Trinajstić information content (AvgIpc) is 2.55. The molecule has 0 heterocycles. The molecule has 3 N–H and O–H groups in total. The zero-order valence-corrected chi connectivity index (χ0v) is 14.6. The molecular formula is C20H25ClN2O. The van der Waals surface area contributed by atoms with Gasteiger partial charge >= 0.3 is 0 Å². The number of nitrogens with two attached hydrogens (primary N) is 1. The van der Waals surface area contributed by atoms with E-state index in [0.29, 0.717) is 23.9 Å². The zero-order valence-electron chi connectivity index (χ0n) is 13.8. The van der Waals surface area contributed by atoms with Gasteiger partial charge < -0.3 is 11.1 Å². The second-order valence-corrected chi connectivity index (χ2v) is 7.24. The Bertz CT molecular complexity index is 718. The molecular weight excluding hydrogens is 320 g/mol. The Morgan fingerprint density at radius 2 is 1.67 bits per heavy atom. The van der Waals surface area contributed by atoms with Crippen LogP contribution in [0, 0.1) is 11.8 Å². The minimum absolute atomic E-state index is 0. The molecule has 3 nitrogen and oxygen atoms in total. The molecule has 2 saturated carbocycles. The van der Waals surface area contributed by atoms with Gasteiger partial charge in [0.25, 0.3) is 5.91 Å². The second-order valence-electron chi connectivity index (χ2n) is 7.24. The average molecular weight is 345 g/mol. The van der Waals surface area contributed by atoms with Crippen LogP contribution in [-0.4, -0.2) is 18.0 Å². The Labute approximate surface area is 149 Å². The third kappa shape index (κ3) is 3.28. The predicted molar refractivity (Wildman–Crippen MR) is 100 cm³/mol. The summed E-state index contributed by atoms with van der Waals surface area (Å²) >= 11 is 0. The normalized spacial score (nSPS) is 28.9. The molecule has 2 bridgehead atoms. The van der Waals surface area contributed by atoms with Crippen molar-refractivity contribution in [3.8, 4) is 0 Å². The SMILES string of the molecule is Cl.NC1CC2CCCC(C1)C2NC(=O)c1ccc2ccccc2c1. The molecule has 24 heavy (non-hydrogen) atoms. The molecule has 0 aromatic heterocycles. The highest BCUT2D eigenvalue weighted by Crippen LogP contribution is 2.39. The van der Waals surface area contributed by atoms with Crippen LogP contribution < -0.4 is 11.1 Å². The summed E-state index contributed by atoms with van der Waals surface area (Å²) < 4.78 is 0. The van der Waals surface area contributed by atoms with E-state index in [1.165, 1.54) is 24.6 Å². The van der Waals surface area contributed by atoms with E-state index in [9.17, 15) is 4.79 Å². The van der Waals surface area contributed by atoms with Crippen LogP contribution >= 0.6 is 12.4 Å². The number of fused-ring (bicyclic) bond motifs is 3. The first-order chi connectivity index (χ1) is 11.2. The third-order valence-corrected chi connectivity index (χ3v) is 5.69. The molecule has 128 valence electrons. The first-order valence-corrected chi connectivity index (χ1v) is 8.76. The summed E-state index contributed by atoms with van der Waals surface area (Å²) in [5, 5.41) is 5.62. The minimum atomic E-state index is 0. The number of hydrogen-bond donors (Lipinski definition) is 2. The van der Waals surface area contributed by atoms with E-state index in [1.807, 2.05) is 30.3 Å². The zero-order chi connectivity index (χ0) is 15.8. The molecule has 0 aliphatic heterocycles. The van der Waals surface area contributed by atoms with Crippen molar-refractivity contribution in [3.05, 3.63) is 48.0 Å². The van der Waals surface area contributed by atoms with Crippen LogP contribution in [0.3, 0.4) is 0 Å². The quantitative estimate of drug-likeness (QED) is 0.868. The van der Waals surface area contributed by atoms with Crippen molar-refractivity contribution in [1.29, 1.82) is 0 Å². The Balaban J connectivity index is 0.00000169. The first-order valence-electron chi connectivity index (χ1n) is 8.76. The van der Waals surface area contributed by atoms with Crippen LogP contribution in [0.4, 0.5) is 0 Å². The summed E-state index contributed by atoms with van der Waals surface area (Å²) in [6.07, 6.45) is 5.79. The number of rotatable bonds is 2. The standard InChI is InChI=1S/C20H24N2O.ClH/c21-18-11-15-6-3-7-16(12-18)19(15)22-20(23)17-9-8-13-4-1-2-5-14(13)10-17;/h1-2,4-5,8-10,15-16,18-19H,3,6-7,11-12,21H2,(H,22,23);1H. The van der Waals surface area contributed by atoms with Gasteiger partial charge in [-0.05, 0) is 60.4 Å². The van der Waals surface area contributed by atoms with Gasteiger partial charge in [0, 0.05) is 17.6 Å². The van der Waals surface area contributed by atoms with Gasteiger partial charge in [-0.3, -0.25) is 4.79 Å². The lowest BCUT2D eigenvalue weighted by molar-refractivity contribution is 0.0756. The van der Waals surface area contributed by atoms with Crippen LogP contribution in [0.1, 0.15) is 42.5 Å². The van der Waals surface area contributed by atoms with E-state index >= 15 is 0 Å². The number of hydrogen-bond acceptors (Lipinski definition) is 2. The van der Waals surface area contributed by atoms with E-state index < -0.39 is 0 Å². The van der Waals surface area contributed by atoms with Crippen LogP contribution in [0.15, 0.2) is 42.5 Å². The monoisotopic (exact) mass is 344 g/mol. The van der Waals surface area contributed by atoms with E-state index in [1.54, 1.807) is 0 Å². The lowest BCUT2D eigenvalue weighted by Crippen LogP contribution is -2.53. The van der Waals surface area contributed by atoms with E-state index in [4.69, 9.17) is 5.73 Å². The van der Waals surface area contributed by atoms with Gasteiger partial charge in [-0.25, -0.2) is 0 Å². The van der Waals surface area contributed by atoms with Gasteiger partial charge in [0.2, 0.25) is 0 Å². The molecule has 2 aromatic carbocycles. The van der Waals surface area contributed by atoms with Crippen molar-refractivity contribution in [1.82, 2.24) is 5.32 Å². The largest absolute Gasteiger partial charge is 0.349 e. The molecule has 0 saturated heterocycles. The summed E-state index contributed by atoms with van der Waals surface area (Å²) in [5.41, 5.74) is 6.94. The molecule has 0 spiro atoms. The van der Waals surface area contributed by atoms with E-state index in [0.717, 1.165) is 23.8 Å². The maximum atomic E-state index is 12.7. The number of nitrogens with one attached hydrogen (secondary N) is 1. The molecule has 2 unspecified atom stereocenters. The van der Waals surface area contributed by atoms with Crippen molar-refractivity contribution in [2.45, 2.75) is 44.2 Å². The summed E-state index contributed by atoms with van der Waals surface area (Å²) in [5.74, 6) is 1.18.